The number of rotatable bonds is 6. The maximum atomic E-state index is 12.5. The van der Waals surface area contributed by atoms with Crippen LogP contribution in [0.2, 0.25) is 0 Å². The van der Waals surface area contributed by atoms with E-state index in [0.717, 1.165) is 23.0 Å². The van der Waals surface area contributed by atoms with Crippen molar-refractivity contribution in [3.05, 3.63) is 15.9 Å². The molecule has 0 saturated carbocycles. The molecule has 1 aromatic rings. The third-order valence-electron chi connectivity index (χ3n) is 3.76. The van der Waals surface area contributed by atoms with E-state index in [2.05, 4.69) is 21.2 Å². The molecule has 1 aromatic heterocycles. The first-order valence-electron chi connectivity index (χ1n) is 7.45. The van der Waals surface area contributed by atoms with Gasteiger partial charge in [0.25, 0.3) is 10.0 Å². The van der Waals surface area contributed by atoms with Gasteiger partial charge in [0.05, 0.1) is 3.79 Å². The van der Waals surface area contributed by atoms with Crippen molar-refractivity contribution in [2.45, 2.75) is 36.8 Å². The lowest BCUT2D eigenvalue weighted by molar-refractivity contribution is -0.122. The van der Waals surface area contributed by atoms with Gasteiger partial charge in [0, 0.05) is 26.1 Å². The van der Waals surface area contributed by atoms with Crippen LogP contribution in [0.3, 0.4) is 0 Å². The fraction of sp³-hybridized carbons (Fsp3) is 0.643. The lowest BCUT2D eigenvalue weighted by Crippen LogP contribution is -2.39. The van der Waals surface area contributed by atoms with E-state index in [-0.39, 0.29) is 11.8 Å². The third kappa shape index (κ3) is 4.53. The minimum atomic E-state index is -3.39. The SMILES string of the molecule is CCCNC(=O)CC1CCN(S(=O)(=O)c2ccc(Br)s2)CC1. The molecule has 2 heterocycles. The molecule has 22 heavy (non-hydrogen) atoms. The van der Waals surface area contributed by atoms with Crippen molar-refractivity contribution in [1.82, 2.24) is 9.62 Å². The first kappa shape index (κ1) is 17.9. The number of carbonyl (C=O) groups is 1. The van der Waals surface area contributed by atoms with Crippen LogP contribution in [0.1, 0.15) is 32.6 Å². The maximum Gasteiger partial charge on any atom is 0.252 e. The highest BCUT2D eigenvalue weighted by Crippen LogP contribution is 2.31. The summed E-state index contributed by atoms with van der Waals surface area (Å²) in [5, 5.41) is 2.88. The van der Waals surface area contributed by atoms with E-state index < -0.39 is 10.0 Å². The molecule has 0 atom stereocenters. The maximum absolute atomic E-state index is 12.5. The molecule has 1 saturated heterocycles. The number of nitrogens with zero attached hydrogens (tertiary/aromatic N) is 1. The molecule has 8 heteroatoms. The zero-order chi connectivity index (χ0) is 16.2. The minimum absolute atomic E-state index is 0.0744. The summed E-state index contributed by atoms with van der Waals surface area (Å²) in [5.74, 6) is 0.351. The van der Waals surface area contributed by atoms with Gasteiger partial charge in [0.2, 0.25) is 5.91 Å². The molecule has 2 rings (SSSR count). The Morgan fingerprint density at radius 3 is 2.64 bits per heavy atom. The van der Waals surface area contributed by atoms with Crippen molar-refractivity contribution in [2.24, 2.45) is 5.92 Å². The zero-order valence-corrected chi connectivity index (χ0v) is 15.8. The summed E-state index contributed by atoms with van der Waals surface area (Å²) in [7, 11) is -3.39. The van der Waals surface area contributed by atoms with Crippen LogP contribution in [0.15, 0.2) is 20.1 Å². The number of nitrogens with one attached hydrogen (secondary N) is 1. The Morgan fingerprint density at radius 2 is 2.09 bits per heavy atom. The fourth-order valence-corrected chi connectivity index (χ4v) is 6.15. The summed E-state index contributed by atoms with van der Waals surface area (Å²) >= 11 is 4.53. The summed E-state index contributed by atoms with van der Waals surface area (Å²) in [6, 6.07) is 3.39. The van der Waals surface area contributed by atoms with Crippen LogP contribution < -0.4 is 5.32 Å². The molecule has 1 aliphatic heterocycles. The van der Waals surface area contributed by atoms with Gasteiger partial charge in [-0.15, -0.1) is 11.3 Å². The van der Waals surface area contributed by atoms with Gasteiger partial charge in [0.15, 0.2) is 0 Å². The van der Waals surface area contributed by atoms with Crippen molar-refractivity contribution in [1.29, 1.82) is 0 Å². The van der Waals surface area contributed by atoms with Crippen LogP contribution >= 0.6 is 27.3 Å². The topological polar surface area (TPSA) is 66.5 Å². The molecule has 1 aliphatic rings. The summed E-state index contributed by atoms with van der Waals surface area (Å²) in [5.41, 5.74) is 0. The Bertz CT molecular complexity index is 607. The highest BCUT2D eigenvalue weighted by Gasteiger charge is 2.31. The highest BCUT2D eigenvalue weighted by atomic mass is 79.9. The van der Waals surface area contributed by atoms with Crippen molar-refractivity contribution in [3.63, 3.8) is 0 Å². The molecule has 0 bridgehead atoms. The number of hydrogen-bond acceptors (Lipinski definition) is 4. The second kappa shape index (κ2) is 7.90. The molecule has 1 amide bonds. The monoisotopic (exact) mass is 408 g/mol. The van der Waals surface area contributed by atoms with Gasteiger partial charge in [0.1, 0.15) is 4.21 Å². The number of carbonyl (C=O) groups excluding carboxylic acids is 1. The van der Waals surface area contributed by atoms with Crippen LogP contribution in [0, 0.1) is 5.92 Å². The molecule has 0 spiro atoms. The number of sulfonamides is 1. The van der Waals surface area contributed by atoms with Gasteiger partial charge >= 0.3 is 0 Å². The van der Waals surface area contributed by atoms with Crippen molar-refractivity contribution >= 4 is 43.2 Å². The molecule has 0 aliphatic carbocycles. The molecule has 124 valence electrons. The van der Waals surface area contributed by atoms with E-state index >= 15 is 0 Å². The van der Waals surface area contributed by atoms with E-state index in [1.54, 1.807) is 12.1 Å². The number of amides is 1. The van der Waals surface area contributed by atoms with Crippen molar-refractivity contribution < 1.29 is 13.2 Å². The molecule has 1 N–H and O–H groups in total. The fourth-order valence-electron chi connectivity index (χ4n) is 2.52. The standard InChI is InChI=1S/C14H21BrN2O3S2/c1-2-7-16-13(18)10-11-5-8-17(9-6-11)22(19,20)14-4-3-12(15)21-14/h3-4,11H,2,5-10H2,1H3,(H,16,18). The van der Waals surface area contributed by atoms with Crippen LogP contribution in [-0.4, -0.2) is 38.3 Å². The second-order valence-corrected chi connectivity index (χ2v) is 10.1. The first-order valence-corrected chi connectivity index (χ1v) is 10.5. The molecule has 5 nitrogen and oxygen atoms in total. The highest BCUT2D eigenvalue weighted by molar-refractivity contribution is 9.11. The minimum Gasteiger partial charge on any atom is -0.356 e. The Kier molecular flexibility index (Phi) is 6.43. The summed E-state index contributed by atoms with van der Waals surface area (Å²) in [6.45, 7) is 3.71. The van der Waals surface area contributed by atoms with E-state index in [4.69, 9.17) is 0 Å². The molecule has 0 unspecified atom stereocenters. The predicted octanol–water partition coefficient (Wildman–Crippen LogP) is 2.83. The lowest BCUT2D eigenvalue weighted by atomic mass is 9.94. The predicted molar refractivity (Wildman–Crippen MR) is 91.4 cm³/mol. The molecule has 0 aromatic carbocycles. The molecular weight excluding hydrogens is 388 g/mol. The number of halogens is 1. The number of piperidine rings is 1. The van der Waals surface area contributed by atoms with Gasteiger partial charge in [-0.05, 0) is 53.2 Å². The van der Waals surface area contributed by atoms with E-state index in [1.807, 2.05) is 6.92 Å². The Balaban J connectivity index is 1.88. The number of thiophene rings is 1. The summed E-state index contributed by atoms with van der Waals surface area (Å²) < 4.78 is 27.7. The van der Waals surface area contributed by atoms with Crippen LogP contribution in [0.4, 0.5) is 0 Å². The molecule has 0 radical (unpaired) electrons. The zero-order valence-electron chi connectivity index (χ0n) is 12.5. The average Bonchev–Trinajstić information content (AvgIpc) is 2.93. The summed E-state index contributed by atoms with van der Waals surface area (Å²) in [4.78, 5) is 11.7. The second-order valence-electron chi connectivity index (χ2n) is 5.46. The Morgan fingerprint density at radius 1 is 1.41 bits per heavy atom. The molecular formula is C14H21BrN2O3S2. The normalized spacial score (nSPS) is 17.5. The third-order valence-corrected chi connectivity index (χ3v) is 7.75. The lowest BCUT2D eigenvalue weighted by Gasteiger charge is -2.30. The van der Waals surface area contributed by atoms with Gasteiger partial charge in [-0.3, -0.25) is 4.79 Å². The Labute approximate surface area is 144 Å². The van der Waals surface area contributed by atoms with Gasteiger partial charge in [-0.2, -0.15) is 4.31 Å². The first-order chi connectivity index (χ1) is 10.4. The van der Waals surface area contributed by atoms with Crippen LogP contribution in [0.25, 0.3) is 0 Å². The van der Waals surface area contributed by atoms with Crippen molar-refractivity contribution in [3.8, 4) is 0 Å². The van der Waals surface area contributed by atoms with E-state index in [9.17, 15) is 13.2 Å². The van der Waals surface area contributed by atoms with Gasteiger partial charge < -0.3 is 5.32 Å². The van der Waals surface area contributed by atoms with Crippen molar-refractivity contribution in [2.75, 3.05) is 19.6 Å². The van der Waals surface area contributed by atoms with Gasteiger partial charge in [-0.1, -0.05) is 6.92 Å². The van der Waals surface area contributed by atoms with Gasteiger partial charge in [-0.25, -0.2) is 8.42 Å². The molecule has 1 fully saturated rings. The largest absolute Gasteiger partial charge is 0.356 e. The summed E-state index contributed by atoms with van der Waals surface area (Å²) in [6.07, 6.45) is 2.91. The van der Waals surface area contributed by atoms with E-state index in [0.29, 0.717) is 30.3 Å². The number of hydrogen-bond donors (Lipinski definition) is 1. The quantitative estimate of drug-likeness (QED) is 0.786. The van der Waals surface area contributed by atoms with Crippen LogP contribution in [0.5, 0.6) is 0 Å². The average molecular weight is 409 g/mol. The Hall–Kier alpha value is -0.440. The van der Waals surface area contributed by atoms with Crippen LogP contribution in [-0.2, 0) is 14.8 Å². The smallest absolute Gasteiger partial charge is 0.252 e. The van der Waals surface area contributed by atoms with E-state index in [1.165, 1.54) is 15.6 Å².